The van der Waals surface area contributed by atoms with Gasteiger partial charge in [-0.1, -0.05) is 32.0 Å². The van der Waals surface area contributed by atoms with Crippen LogP contribution in [0.5, 0.6) is 0 Å². The number of rotatable bonds is 7. The van der Waals surface area contributed by atoms with Gasteiger partial charge in [0.1, 0.15) is 0 Å². The highest BCUT2D eigenvalue weighted by atomic mass is 32.2. The molecule has 0 atom stereocenters. The summed E-state index contributed by atoms with van der Waals surface area (Å²) in [4.78, 5) is 14.1. The number of anilines is 2. The monoisotopic (exact) mass is 468 g/mol. The van der Waals surface area contributed by atoms with Crippen LogP contribution in [0.1, 0.15) is 41.3 Å². The van der Waals surface area contributed by atoms with E-state index in [-0.39, 0.29) is 16.7 Å². The van der Waals surface area contributed by atoms with Crippen molar-refractivity contribution in [1.82, 2.24) is 0 Å². The fourth-order valence-corrected chi connectivity index (χ4v) is 5.00. The molecule has 0 heterocycles. The smallest absolute Gasteiger partial charge is 0.264 e. The standard InChI is InChI=1S/C25H28N2O3S2/c1-17(2)23-8-6-7-18(3)24(23)26-25(28)19-9-11-20(12-10-19)27(4)32(29,30)22-15-13-21(31-5)14-16-22/h6-17H,1-5H3,(H,26,28). The minimum atomic E-state index is -3.70. The summed E-state index contributed by atoms with van der Waals surface area (Å²) in [5.74, 6) is 0.0438. The van der Waals surface area contributed by atoms with Crippen LogP contribution in [0, 0.1) is 6.92 Å². The molecule has 7 heteroatoms. The molecule has 0 aliphatic rings. The van der Waals surface area contributed by atoms with E-state index >= 15 is 0 Å². The second kappa shape index (κ2) is 9.79. The molecule has 0 saturated heterocycles. The van der Waals surface area contributed by atoms with E-state index in [1.54, 1.807) is 60.3 Å². The average molecular weight is 469 g/mol. The molecular weight excluding hydrogens is 440 g/mol. The molecule has 5 nitrogen and oxygen atoms in total. The van der Waals surface area contributed by atoms with Crippen molar-refractivity contribution in [3.05, 3.63) is 83.4 Å². The molecule has 0 bridgehead atoms. The Balaban J connectivity index is 1.81. The van der Waals surface area contributed by atoms with Crippen molar-refractivity contribution in [1.29, 1.82) is 0 Å². The van der Waals surface area contributed by atoms with Crippen LogP contribution in [0.15, 0.2) is 76.5 Å². The predicted molar refractivity (Wildman–Crippen MR) is 133 cm³/mol. The number of para-hydroxylation sites is 1. The van der Waals surface area contributed by atoms with Crippen LogP contribution in [0.3, 0.4) is 0 Å². The number of nitrogens with one attached hydrogen (secondary N) is 1. The van der Waals surface area contributed by atoms with E-state index in [9.17, 15) is 13.2 Å². The highest BCUT2D eigenvalue weighted by molar-refractivity contribution is 7.98. The lowest BCUT2D eigenvalue weighted by atomic mass is 9.98. The quantitative estimate of drug-likeness (QED) is 0.437. The number of hydrogen-bond donors (Lipinski definition) is 1. The first-order valence-corrected chi connectivity index (χ1v) is 13.0. The summed E-state index contributed by atoms with van der Waals surface area (Å²) in [5, 5.41) is 3.02. The van der Waals surface area contributed by atoms with Gasteiger partial charge in [0.15, 0.2) is 0 Å². The lowest BCUT2D eigenvalue weighted by Gasteiger charge is -2.20. The molecule has 0 aliphatic carbocycles. The zero-order valence-corrected chi connectivity index (χ0v) is 20.5. The molecule has 0 saturated carbocycles. The number of nitrogens with zero attached hydrogens (tertiary/aromatic N) is 1. The minimum Gasteiger partial charge on any atom is -0.321 e. The number of hydrogen-bond acceptors (Lipinski definition) is 4. The fraction of sp³-hybridized carbons (Fsp3) is 0.240. The van der Waals surface area contributed by atoms with Gasteiger partial charge < -0.3 is 5.32 Å². The van der Waals surface area contributed by atoms with E-state index in [2.05, 4.69) is 19.2 Å². The first kappa shape index (κ1) is 23.9. The molecule has 0 radical (unpaired) electrons. The van der Waals surface area contributed by atoms with Gasteiger partial charge in [0.05, 0.1) is 10.6 Å². The highest BCUT2D eigenvalue weighted by Crippen LogP contribution is 2.28. The van der Waals surface area contributed by atoms with Crippen LogP contribution < -0.4 is 9.62 Å². The summed E-state index contributed by atoms with van der Waals surface area (Å²) in [5.41, 5.74) is 3.84. The van der Waals surface area contributed by atoms with Crippen LogP contribution in [-0.2, 0) is 10.0 Å². The van der Waals surface area contributed by atoms with Gasteiger partial charge >= 0.3 is 0 Å². The Kier molecular flexibility index (Phi) is 7.31. The van der Waals surface area contributed by atoms with Crippen molar-refractivity contribution >= 4 is 39.1 Å². The number of aryl methyl sites for hydroxylation is 1. The molecule has 0 unspecified atom stereocenters. The summed E-state index contributed by atoms with van der Waals surface area (Å²) >= 11 is 1.55. The largest absolute Gasteiger partial charge is 0.321 e. The average Bonchev–Trinajstić information content (AvgIpc) is 2.79. The van der Waals surface area contributed by atoms with Gasteiger partial charge in [-0.15, -0.1) is 11.8 Å². The van der Waals surface area contributed by atoms with E-state index < -0.39 is 10.0 Å². The second-order valence-electron chi connectivity index (χ2n) is 7.84. The van der Waals surface area contributed by atoms with E-state index in [1.807, 2.05) is 31.4 Å². The number of sulfonamides is 1. The molecule has 0 aromatic heterocycles. The van der Waals surface area contributed by atoms with E-state index in [1.165, 1.54) is 11.4 Å². The zero-order chi connectivity index (χ0) is 23.5. The topological polar surface area (TPSA) is 66.5 Å². The highest BCUT2D eigenvalue weighted by Gasteiger charge is 2.21. The Morgan fingerprint density at radius 3 is 2.16 bits per heavy atom. The predicted octanol–water partition coefficient (Wildman–Crippen LogP) is 5.92. The molecule has 3 rings (SSSR count). The Morgan fingerprint density at radius 2 is 1.59 bits per heavy atom. The summed E-state index contributed by atoms with van der Waals surface area (Å²) in [7, 11) is -2.19. The fourth-order valence-electron chi connectivity index (χ4n) is 3.40. The van der Waals surface area contributed by atoms with Gasteiger partial charge in [0.25, 0.3) is 15.9 Å². The first-order chi connectivity index (χ1) is 15.1. The van der Waals surface area contributed by atoms with Crippen molar-refractivity contribution in [3.63, 3.8) is 0 Å². The summed E-state index contributed by atoms with van der Waals surface area (Å²) < 4.78 is 27.2. The maximum absolute atomic E-state index is 13.0. The molecule has 32 heavy (non-hydrogen) atoms. The van der Waals surface area contributed by atoms with Gasteiger partial charge in [-0.05, 0) is 78.8 Å². The van der Waals surface area contributed by atoms with Crippen LogP contribution in [0.2, 0.25) is 0 Å². The number of carbonyl (C=O) groups is 1. The summed E-state index contributed by atoms with van der Waals surface area (Å²) in [6.45, 7) is 6.14. The third kappa shape index (κ3) is 5.00. The van der Waals surface area contributed by atoms with E-state index in [0.29, 0.717) is 11.3 Å². The van der Waals surface area contributed by atoms with Gasteiger partial charge in [-0.3, -0.25) is 9.10 Å². The molecule has 168 valence electrons. The van der Waals surface area contributed by atoms with Crippen LogP contribution in [0.25, 0.3) is 0 Å². The third-order valence-electron chi connectivity index (χ3n) is 5.38. The van der Waals surface area contributed by atoms with E-state index in [0.717, 1.165) is 21.7 Å². The maximum Gasteiger partial charge on any atom is 0.264 e. The molecule has 3 aromatic rings. The van der Waals surface area contributed by atoms with Crippen molar-refractivity contribution in [2.45, 2.75) is 36.5 Å². The van der Waals surface area contributed by atoms with E-state index in [4.69, 9.17) is 0 Å². The molecule has 0 spiro atoms. The first-order valence-electron chi connectivity index (χ1n) is 10.3. The third-order valence-corrected chi connectivity index (χ3v) is 7.92. The Bertz CT molecular complexity index is 1200. The zero-order valence-electron chi connectivity index (χ0n) is 18.9. The molecule has 3 aromatic carbocycles. The minimum absolute atomic E-state index is 0.223. The number of carbonyl (C=O) groups excluding carboxylic acids is 1. The van der Waals surface area contributed by atoms with Gasteiger partial charge in [-0.2, -0.15) is 0 Å². The molecule has 0 fully saturated rings. The Labute approximate surface area is 194 Å². The van der Waals surface area contributed by atoms with Crippen LogP contribution in [0.4, 0.5) is 11.4 Å². The molecule has 1 N–H and O–H groups in total. The molecule has 1 amide bonds. The van der Waals surface area contributed by atoms with Crippen molar-refractivity contribution in [2.75, 3.05) is 22.9 Å². The number of thioether (sulfide) groups is 1. The SMILES string of the molecule is CSc1ccc(S(=O)(=O)N(C)c2ccc(C(=O)Nc3c(C)cccc3C(C)C)cc2)cc1. The lowest BCUT2D eigenvalue weighted by Crippen LogP contribution is -2.26. The summed E-state index contributed by atoms with van der Waals surface area (Å²) in [6.07, 6.45) is 1.94. The number of amides is 1. The van der Waals surface area contributed by atoms with Crippen molar-refractivity contribution in [2.24, 2.45) is 0 Å². The molecule has 0 aliphatic heterocycles. The number of benzene rings is 3. The molecular formula is C25H28N2O3S2. The van der Waals surface area contributed by atoms with Gasteiger partial charge in [0.2, 0.25) is 0 Å². The van der Waals surface area contributed by atoms with Gasteiger partial charge in [0, 0.05) is 23.2 Å². The summed E-state index contributed by atoms with van der Waals surface area (Å²) in [6, 6.07) is 19.3. The Morgan fingerprint density at radius 1 is 0.969 bits per heavy atom. The normalized spacial score (nSPS) is 11.4. The van der Waals surface area contributed by atoms with Crippen molar-refractivity contribution in [3.8, 4) is 0 Å². The second-order valence-corrected chi connectivity index (χ2v) is 10.7. The Hall–Kier alpha value is -2.77. The van der Waals surface area contributed by atoms with Gasteiger partial charge in [-0.25, -0.2) is 8.42 Å². The van der Waals surface area contributed by atoms with Crippen LogP contribution in [-0.4, -0.2) is 27.6 Å². The van der Waals surface area contributed by atoms with Crippen LogP contribution >= 0.6 is 11.8 Å². The maximum atomic E-state index is 13.0. The van der Waals surface area contributed by atoms with Crippen molar-refractivity contribution < 1.29 is 13.2 Å². The lowest BCUT2D eigenvalue weighted by molar-refractivity contribution is 0.102.